The fraction of sp³-hybridized carbons (Fsp3) is 0.263. The van der Waals surface area contributed by atoms with Gasteiger partial charge < -0.3 is 19.7 Å². The average molecular weight is 368 g/mol. The van der Waals surface area contributed by atoms with E-state index >= 15 is 0 Å². The van der Waals surface area contributed by atoms with E-state index in [2.05, 4.69) is 5.32 Å². The fourth-order valence-corrected chi connectivity index (χ4v) is 5.07. The minimum atomic E-state index is -0.445. The Morgan fingerprint density at radius 2 is 2.04 bits per heavy atom. The second-order valence-electron chi connectivity index (χ2n) is 6.41. The molecule has 0 aromatic heterocycles. The maximum absolute atomic E-state index is 12.7. The highest BCUT2D eigenvalue weighted by Gasteiger charge is 2.48. The van der Waals surface area contributed by atoms with Crippen LogP contribution in [0, 0.1) is 0 Å². The molecule has 3 aliphatic heterocycles. The van der Waals surface area contributed by atoms with Crippen LogP contribution in [-0.4, -0.2) is 35.3 Å². The number of nitrogens with zero attached hydrogens (tertiary/aromatic N) is 1. The number of benzene rings is 2. The third kappa shape index (κ3) is 2.34. The van der Waals surface area contributed by atoms with Crippen LogP contribution in [0.25, 0.3) is 0 Å². The van der Waals surface area contributed by atoms with Crippen molar-refractivity contribution in [3.05, 3.63) is 59.2 Å². The molecule has 2 aromatic carbocycles. The number of thioether (sulfide) groups is 1. The summed E-state index contributed by atoms with van der Waals surface area (Å²) in [6, 6.07) is 12.8. The van der Waals surface area contributed by atoms with Crippen molar-refractivity contribution in [3.63, 3.8) is 0 Å². The first kappa shape index (κ1) is 15.6. The van der Waals surface area contributed by atoms with Gasteiger partial charge in [0.15, 0.2) is 11.5 Å². The molecule has 0 bridgehead atoms. The lowest BCUT2D eigenvalue weighted by Gasteiger charge is -2.22. The summed E-state index contributed by atoms with van der Waals surface area (Å²) in [4.78, 5) is 27.1. The summed E-state index contributed by atoms with van der Waals surface area (Å²) in [5.41, 5.74) is 2.65. The Kier molecular flexibility index (Phi) is 3.56. The van der Waals surface area contributed by atoms with E-state index < -0.39 is 6.04 Å². The minimum Gasteiger partial charge on any atom is -0.454 e. The molecule has 6 nitrogen and oxygen atoms in total. The van der Waals surface area contributed by atoms with E-state index in [9.17, 15) is 9.59 Å². The molecule has 0 saturated carbocycles. The van der Waals surface area contributed by atoms with Crippen molar-refractivity contribution in [3.8, 4) is 11.5 Å². The molecule has 3 heterocycles. The van der Waals surface area contributed by atoms with Crippen molar-refractivity contribution >= 4 is 23.6 Å². The number of ether oxygens (including phenoxy) is 2. The van der Waals surface area contributed by atoms with Gasteiger partial charge in [0.1, 0.15) is 11.4 Å². The summed E-state index contributed by atoms with van der Waals surface area (Å²) >= 11 is 1.64. The molecule has 5 rings (SSSR count). The molecule has 1 fully saturated rings. The van der Waals surface area contributed by atoms with Crippen molar-refractivity contribution in [2.24, 2.45) is 0 Å². The molecule has 2 atom stereocenters. The summed E-state index contributed by atoms with van der Waals surface area (Å²) in [6.07, 6.45) is 0. The van der Waals surface area contributed by atoms with Crippen molar-refractivity contribution in [2.45, 2.75) is 18.0 Å². The molecule has 26 heavy (non-hydrogen) atoms. The Labute approximate surface area is 154 Å². The molecular weight excluding hydrogens is 352 g/mol. The molecule has 7 heteroatoms. The van der Waals surface area contributed by atoms with Crippen LogP contribution in [0.4, 0.5) is 0 Å². The highest BCUT2D eigenvalue weighted by molar-refractivity contribution is 7.99. The third-order valence-electron chi connectivity index (χ3n) is 4.90. The van der Waals surface area contributed by atoms with Crippen LogP contribution < -0.4 is 14.8 Å². The van der Waals surface area contributed by atoms with E-state index in [-0.39, 0.29) is 24.0 Å². The number of carbonyl (C=O) groups excluding carboxylic acids is 2. The van der Waals surface area contributed by atoms with Crippen molar-refractivity contribution in [2.75, 3.05) is 12.5 Å². The standard InChI is InChI=1S/C19H16N2O4S/c22-17(20-8-11-5-6-15-16(7-11)25-10-24-15)14-9-26-19-13-4-2-1-3-12(13)18(23)21(14)19/h1-7,14,19H,8-10H2,(H,20,22)/t14-,19?/m0/s1. The number of rotatable bonds is 3. The maximum Gasteiger partial charge on any atom is 0.256 e. The first-order valence-electron chi connectivity index (χ1n) is 8.42. The number of amides is 2. The summed E-state index contributed by atoms with van der Waals surface area (Å²) in [6.45, 7) is 0.611. The van der Waals surface area contributed by atoms with E-state index in [1.807, 2.05) is 42.5 Å². The molecule has 3 aliphatic rings. The predicted octanol–water partition coefficient (Wildman–Crippen LogP) is 2.30. The summed E-state index contributed by atoms with van der Waals surface area (Å²) < 4.78 is 10.7. The predicted molar refractivity (Wildman–Crippen MR) is 96.0 cm³/mol. The fourth-order valence-electron chi connectivity index (χ4n) is 3.60. The number of hydrogen-bond donors (Lipinski definition) is 1. The van der Waals surface area contributed by atoms with Crippen LogP contribution in [-0.2, 0) is 11.3 Å². The number of carbonyl (C=O) groups is 2. The molecule has 0 radical (unpaired) electrons. The van der Waals surface area contributed by atoms with Gasteiger partial charge in [0, 0.05) is 17.9 Å². The quantitative estimate of drug-likeness (QED) is 0.900. The van der Waals surface area contributed by atoms with Crippen molar-refractivity contribution < 1.29 is 19.1 Å². The molecule has 1 unspecified atom stereocenters. The van der Waals surface area contributed by atoms with E-state index in [4.69, 9.17) is 9.47 Å². The van der Waals surface area contributed by atoms with E-state index in [0.29, 0.717) is 23.6 Å². The Morgan fingerprint density at radius 3 is 2.96 bits per heavy atom. The second kappa shape index (κ2) is 5.95. The zero-order valence-corrected chi connectivity index (χ0v) is 14.6. The second-order valence-corrected chi connectivity index (χ2v) is 7.52. The average Bonchev–Trinajstić information content (AvgIpc) is 3.36. The zero-order valence-electron chi connectivity index (χ0n) is 13.8. The lowest BCUT2D eigenvalue weighted by Crippen LogP contribution is -2.45. The van der Waals surface area contributed by atoms with E-state index in [0.717, 1.165) is 16.9 Å². The lowest BCUT2D eigenvalue weighted by atomic mass is 10.1. The van der Waals surface area contributed by atoms with Crippen LogP contribution >= 0.6 is 11.8 Å². The molecule has 1 saturated heterocycles. The van der Waals surface area contributed by atoms with Gasteiger partial charge in [-0.25, -0.2) is 0 Å². The van der Waals surface area contributed by atoms with Crippen LogP contribution in [0.15, 0.2) is 42.5 Å². The number of fused-ring (bicyclic) bond motifs is 4. The van der Waals surface area contributed by atoms with Crippen LogP contribution in [0.3, 0.4) is 0 Å². The first-order chi connectivity index (χ1) is 12.7. The molecule has 0 spiro atoms. The number of hydrogen-bond acceptors (Lipinski definition) is 5. The van der Waals surface area contributed by atoms with Gasteiger partial charge >= 0.3 is 0 Å². The van der Waals surface area contributed by atoms with Gasteiger partial charge in [-0.15, -0.1) is 11.8 Å². The summed E-state index contributed by atoms with van der Waals surface area (Å²) in [7, 11) is 0. The largest absolute Gasteiger partial charge is 0.454 e. The molecule has 1 N–H and O–H groups in total. The van der Waals surface area contributed by atoms with Crippen LogP contribution in [0.5, 0.6) is 11.5 Å². The monoisotopic (exact) mass is 368 g/mol. The Balaban J connectivity index is 1.29. The number of nitrogens with one attached hydrogen (secondary N) is 1. The van der Waals surface area contributed by atoms with E-state index in [1.54, 1.807) is 16.7 Å². The minimum absolute atomic E-state index is 0.0556. The van der Waals surface area contributed by atoms with Crippen molar-refractivity contribution in [1.82, 2.24) is 10.2 Å². The van der Waals surface area contributed by atoms with E-state index in [1.165, 1.54) is 0 Å². The first-order valence-corrected chi connectivity index (χ1v) is 9.47. The van der Waals surface area contributed by atoms with Gasteiger partial charge in [0.05, 0.1) is 0 Å². The smallest absolute Gasteiger partial charge is 0.256 e. The van der Waals surface area contributed by atoms with Gasteiger partial charge in [-0.3, -0.25) is 9.59 Å². The molecule has 2 amide bonds. The summed E-state index contributed by atoms with van der Waals surface area (Å²) in [5, 5.41) is 2.89. The lowest BCUT2D eigenvalue weighted by molar-refractivity contribution is -0.124. The Hall–Kier alpha value is -2.67. The highest BCUT2D eigenvalue weighted by atomic mass is 32.2. The third-order valence-corrected chi connectivity index (χ3v) is 6.20. The molecule has 2 aromatic rings. The van der Waals surface area contributed by atoms with Gasteiger partial charge in [-0.2, -0.15) is 0 Å². The molecule has 132 valence electrons. The maximum atomic E-state index is 12.7. The van der Waals surface area contributed by atoms with Crippen LogP contribution in [0.1, 0.15) is 26.9 Å². The van der Waals surface area contributed by atoms with Crippen LogP contribution in [0.2, 0.25) is 0 Å². The molecular formula is C19H16N2O4S. The van der Waals surface area contributed by atoms with Gasteiger partial charge in [-0.05, 0) is 29.3 Å². The Morgan fingerprint density at radius 1 is 1.19 bits per heavy atom. The van der Waals surface area contributed by atoms with Crippen molar-refractivity contribution in [1.29, 1.82) is 0 Å². The molecule has 0 aliphatic carbocycles. The van der Waals surface area contributed by atoms with Gasteiger partial charge in [0.2, 0.25) is 12.7 Å². The highest BCUT2D eigenvalue weighted by Crippen LogP contribution is 2.48. The Bertz CT molecular complexity index is 916. The SMILES string of the molecule is O=C(NCc1ccc2c(c1)OCO2)[C@@H]1CSC2c3ccccc3C(=O)N21. The topological polar surface area (TPSA) is 67.9 Å². The zero-order chi connectivity index (χ0) is 17.7. The summed E-state index contributed by atoms with van der Waals surface area (Å²) in [5.74, 6) is 1.84. The normalized spacial score (nSPS) is 22.3. The van der Waals surface area contributed by atoms with Gasteiger partial charge in [-0.1, -0.05) is 24.3 Å². The van der Waals surface area contributed by atoms with Gasteiger partial charge in [0.25, 0.3) is 5.91 Å².